The van der Waals surface area contributed by atoms with Crippen molar-refractivity contribution in [2.24, 2.45) is 0 Å². The Morgan fingerprint density at radius 3 is 2.91 bits per heavy atom. The molecule has 1 aromatic rings. The van der Waals surface area contributed by atoms with Crippen molar-refractivity contribution in [1.82, 2.24) is 4.98 Å². The van der Waals surface area contributed by atoms with E-state index < -0.39 is 0 Å². The lowest BCUT2D eigenvalue weighted by Crippen LogP contribution is -1.83. The number of aromatic nitrogens is 1. The van der Waals surface area contributed by atoms with Crippen LogP contribution in [0, 0.1) is 0 Å². The standard InChI is InChI=1S/C8H11NOS/c1-5(10)7-4-9-8(11-7)6-2-3-6/h4-6,10H,2-3H2,1H3. The van der Waals surface area contributed by atoms with E-state index in [0.29, 0.717) is 5.92 Å². The second-order valence-electron chi connectivity index (χ2n) is 3.05. The van der Waals surface area contributed by atoms with Gasteiger partial charge in [0.15, 0.2) is 0 Å². The average molecular weight is 169 g/mol. The monoisotopic (exact) mass is 169 g/mol. The minimum atomic E-state index is -0.347. The van der Waals surface area contributed by atoms with Gasteiger partial charge in [0.25, 0.3) is 0 Å². The Hall–Kier alpha value is -0.410. The molecule has 0 bridgehead atoms. The van der Waals surface area contributed by atoms with Gasteiger partial charge >= 0.3 is 0 Å². The number of nitrogens with zero attached hydrogens (tertiary/aromatic N) is 1. The molecule has 0 radical (unpaired) electrons. The van der Waals surface area contributed by atoms with Crippen LogP contribution in [0.1, 0.15) is 41.7 Å². The fraction of sp³-hybridized carbons (Fsp3) is 0.625. The summed E-state index contributed by atoms with van der Waals surface area (Å²) in [6.07, 6.45) is 4.02. The highest BCUT2D eigenvalue weighted by molar-refractivity contribution is 7.11. The van der Waals surface area contributed by atoms with Crippen molar-refractivity contribution in [2.75, 3.05) is 0 Å². The highest BCUT2D eigenvalue weighted by Gasteiger charge is 2.26. The van der Waals surface area contributed by atoms with Crippen molar-refractivity contribution in [1.29, 1.82) is 0 Å². The van der Waals surface area contributed by atoms with Crippen molar-refractivity contribution >= 4 is 11.3 Å². The first kappa shape index (κ1) is 7.25. The van der Waals surface area contributed by atoms with Gasteiger partial charge in [-0.05, 0) is 19.8 Å². The highest BCUT2D eigenvalue weighted by Crippen LogP contribution is 2.42. The zero-order valence-electron chi connectivity index (χ0n) is 6.45. The summed E-state index contributed by atoms with van der Waals surface area (Å²) < 4.78 is 0. The first-order valence-corrected chi connectivity index (χ1v) is 4.72. The zero-order chi connectivity index (χ0) is 7.84. The number of hydrogen-bond donors (Lipinski definition) is 1. The van der Waals surface area contributed by atoms with E-state index in [1.165, 1.54) is 17.8 Å². The van der Waals surface area contributed by atoms with Crippen LogP contribution in [0.4, 0.5) is 0 Å². The molecule has 0 spiro atoms. The maximum Gasteiger partial charge on any atom is 0.0959 e. The summed E-state index contributed by atoms with van der Waals surface area (Å²) in [5.74, 6) is 0.715. The van der Waals surface area contributed by atoms with Crippen molar-refractivity contribution in [2.45, 2.75) is 31.8 Å². The van der Waals surface area contributed by atoms with Crippen molar-refractivity contribution in [3.63, 3.8) is 0 Å². The van der Waals surface area contributed by atoms with Gasteiger partial charge in [-0.2, -0.15) is 0 Å². The third-order valence-electron chi connectivity index (χ3n) is 1.88. The molecule has 0 saturated heterocycles. The van der Waals surface area contributed by atoms with Crippen LogP contribution in [0.15, 0.2) is 6.20 Å². The van der Waals surface area contributed by atoms with Gasteiger partial charge in [-0.1, -0.05) is 0 Å². The smallest absolute Gasteiger partial charge is 0.0959 e. The fourth-order valence-corrected chi connectivity index (χ4v) is 2.04. The van der Waals surface area contributed by atoms with Crippen molar-refractivity contribution < 1.29 is 5.11 Å². The van der Waals surface area contributed by atoms with Crippen LogP contribution in [0.25, 0.3) is 0 Å². The number of thiazole rings is 1. The summed E-state index contributed by atoms with van der Waals surface area (Å²) in [6.45, 7) is 1.78. The van der Waals surface area contributed by atoms with Gasteiger partial charge < -0.3 is 5.11 Å². The second kappa shape index (κ2) is 2.57. The molecule has 11 heavy (non-hydrogen) atoms. The molecule has 0 aromatic carbocycles. The number of rotatable bonds is 2. The Balaban J connectivity index is 2.18. The molecule has 0 amide bonds. The number of aliphatic hydroxyl groups excluding tert-OH is 1. The Morgan fingerprint density at radius 2 is 2.45 bits per heavy atom. The first-order valence-electron chi connectivity index (χ1n) is 3.91. The molecular formula is C8H11NOS. The Labute approximate surface area is 69.9 Å². The van der Waals surface area contributed by atoms with E-state index >= 15 is 0 Å². The van der Waals surface area contributed by atoms with Crippen LogP contribution >= 0.6 is 11.3 Å². The molecule has 0 aliphatic heterocycles. The van der Waals surface area contributed by atoms with E-state index in [9.17, 15) is 5.11 Å². The topological polar surface area (TPSA) is 33.1 Å². The molecule has 1 N–H and O–H groups in total. The Kier molecular flexibility index (Phi) is 1.69. The fourth-order valence-electron chi connectivity index (χ4n) is 1.01. The molecule has 3 heteroatoms. The molecule has 1 atom stereocenters. The molecule has 1 fully saturated rings. The lowest BCUT2D eigenvalue weighted by atomic mass is 10.4. The van der Waals surface area contributed by atoms with Crippen LogP contribution in [-0.4, -0.2) is 10.1 Å². The van der Waals surface area contributed by atoms with Gasteiger partial charge in [0.2, 0.25) is 0 Å². The van der Waals surface area contributed by atoms with Gasteiger partial charge in [-0.25, -0.2) is 4.98 Å². The third-order valence-corrected chi connectivity index (χ3v) is 3.21. The lowest BCUT2D eigenvalue weighted by Gasteiger charge is -1.95. The molecular weight excluding hydrogens is 158 g/mol. The lowest BCUT2D eigenvalue weighted by molar-refractivity contribution is 0.203. The quantitative estimate of drug-likeness (QED) is 0.735. The van der Waals surface area contributed by atoms with Gasteiger partial charge in [0.05, 0.1) is 16.0 Å². The minimum Gasteiger partial charge on any atom is -0.388 e. The largest absolute Gasteiger partial charge is 0.388 e. The zero-order valence-corrected chi connectivity index (χ0v) is 7.27. The van der Waals surface area contributed by atoms with Crippen LogP contribution in [0.5, 0.6) is 0 Å². The van der Waals surface area contributed by atoms with E-state index in [1.807, 2.05) is 0 Å². The Bertz CT molecular complexity index is 236. The summed E-state index contributed by atoms with van der Waals surface area (Å²) >= 11 is 1.65. The average Bonchev–Trinajstić information content (AvgIpc) is 2.68. The van der Waals surface area contributed by atoms with Crippen molar-refractivity contribution in [3.05, 3.63) is 16.1 Å². The van der Waals surface area contributed by atoms with Crippen molar-refractivity contribution in [3.8, 4) is 0 Å². The summed E-state index contributed by atoms with van der Waals surface area (Å²) in [6, 6.07) is 0. The minimum absolute atomic E-state index is 0.347. The third kappa shape index (κ3) is 1.44. The van der Waals surface area contributed by atoms with E-state index in [2.05, 4.69) is 4.98 Å². The molecule has 2 rings (SSSR count). The maximum absolute atomic E-state index is 9.21. The SMILES string of the molecule is CC(O)c1cnc(C2CC2)s1. The summed E-state index contributed by atoms with van der Waals surface area (Å²) in [5.41, 5.74) is 0. The highest BCUT2D eigenvalue weighted by atomic mass is 32.1. The van der Waals surface area contributed by atoms with Gasteiger partial charge in [-0.3, -0.25) is 0 Å². The van der Waals surface area contributed by atoms with Crippen LogP contribution in [0.2, 0.25) is 0 Å². The molecule has 1 heterocycles. The maximum atomic E-state index is 9.21. The molecule has 1 saturated carbocycles. The normalized spacial score (nSPS) is 20.2. The summed E-state index contributed by atoms with van der Waals surface area (Å²) in [5, 5.41) is 10.4. The predicted molar refractivity (Wildman–Crippen MR) is 44.7 cm³/mol. The van der Waals surface area contributed by atoms with Gasteiger partial charge in [0, 0.05) is 12.1 Å². The first-order chi connectivity index (χ1) is 5.27. The van der Waals surface area contributed by atoms with Gasteiger partial charge in [0.1, 0.15) is 0 Å². The summed E-state index contributed by atoms with van der Waals surface area (Å²) in [7, 11) is 0. The van der Waals surface area contributed by atoms with E-state index in [-0.39, 0.29) is 6.10 Å². The number of aliphatic hydroxyl groups is 1. The molecule has 1 aromatic heterocycles. The summed E-state index contributed by atoms with van der Waals surface area (Å²) in [4.78, 5) is 5.25. The molecule has 60 valence electrons. The predicted octanol–water partition coefficient (Wildman–Crippen LogP) is 2.07. The number of hydrogen-bond acceptors (Lipinski definition) is 3. The van der Waals surface area contributed by atoms with Gasteiger partial charge in [-0.15, -0.1) is 11.3 Å². The molecule has 1 aliphatic carbocycles. The van der Waals surface area contributed by atoms with E-state index in [4.69, 9.17) is 0 Å². The molecule has 1 unspecified atom stereocenters. The van der Waals surface area contributed by atoms with E-state index in [1.54, 1.807) is 24.5 Å². The van der Waals surface area contributed by atoms with E-state index in [0.717, 1.165) is 4.88 Å². The Morgan fingerprint density at radius 1 is 1.73 bits per heavy atom. The molecule has 1 aliphatic rings. The van der Waals surface area contributed by atoms with Crippen LogP contribution in [-0.2, 0) is 0 Å². The van der Waals surface area contributed by atoms with Crippen LogP contribution < -0.4 is 0 Å². The second-order valence-corrected chi connectivity index (χ2v) is 4.14. The van der Waals surface area contributed by atoms with Crippen LogP contribution in [0.3, 0.4) is 0 Å². The molecule has 2 nitrogen and oxygen atoms in total.